The number of Topliss-reactive ketones (excluding diaryl/α,β-unsaturated/α-hetero) is 1. The molecule has 120 valence electrons. The maximum atomic E-state index is 12.6. The van der Waals surface area contributed by atoms with Gasteiger partial charge < -0.3 is 10.1 Å². The number of nitrogens with one attached hydrogen (secondary N) is 1. The molecule has 2 bridgehead atoms. The van der Waals surface area contributed by atoms with Crippen molar-refractivity contribution in [3.05, 3.63) is 32.9 Å². The molecule has 23 heavy (non-hydrogen) atoms. The molecule has 5 atom stereocenters. The second-order valence-electron chi connectivity index (χ2n) is 7.30. The Kier molecular flexibility index (Phi) is 2.44. The summed E-state index contributed by atoms with van der Waals surface area (Å²) in [5.74, 6) is 0.675. The summed E-state index contributed by atoms with van der Waals surface area (Å²) in [5, 5.41) is 10.2. The summed E-state index contributed by atoms with van der Waals surface area (Å²) in [6.45, 7) is 0.728. The molecule has 2 saturated carbocycles. The van der Waals surface area contributed by atoms with E-state index >= 15 is 0 Å². The highest BCUT2D eigenvalue weighted by Crippen LogP contribution is 2.68. The van der Waals surface area contributed by atoms with Gasteiger partial charge in [-0.3, -0.25) is 4.79 Å². The third-order valence-corrected chi connectivity index (χ3v) is 6.73. The van der Waals surface area contributed by atoms with Crippen LogP contribution in [0.25, 0.3) is 0 Å². The van der Waals surface area contributed by atoms with E-state index < -0.39 is 17.1 Å². The predicted molar refractivity (Wildman–Crippen MR) is 80.1 cm³/mol. The minimum absolute atomic E-state index is 0.0187. The highest BCUT2D eigenvalue weighted by atomic mass is 16.5. The number of allylic oxidation sites excluding steroid dienone is 1. The van der Waals surface area contributed by atoms with E-state index in [1.165, 1.54) is 0 Å². The normalized spacial score (nSPS) is 46.7. The van der Waals surface area contributed by atoms with Crippen LogP contribution in [0.1, 0.15) is 32.1 Å². The average Bonchev–Trinajstić information content (AvgIpc) is 2.91. The quantitative estimate of drug-likeness (QED) is 0.785. The molecular weight excluding hydrogens is 298 g/mol. The van der Waals surface area contributed by atoms with Gasteiger partial charge in [0.05, 0.1) is 5.41 Å². The van der Waals surface area contributed by atoms with Crippen molar-refractivity contribution in [1.29, 1.82) is 0 Å². The molecule has 1 saturated heterocycles. The smallest absolute Gasteiger partial charge is 0.174 e. The summed E-state index contributed by atoms with van der Waals surface area (Å²) in [4.78, 5) is 35.8. The van der Waals surface area contributed by atoms with Crippen LogP contribution in [0.15, 0.2) is 33.5 Å². The number of rotatable bonds is 2. The number of ether oxygens (including phenoxy) is 1. The maximum Gasteiger partial charge on any atom is 0.174 e. The van der Waals surface area contributed by atoms with Gasteiger partial charge in [0.25, 0.3) is 0 Å². The first kappa shape index (κ1) is 13.5. The van der Waals surface area contributed by atoms with Crippen molar-refractivity contribution in [2.45, 2.75) is 49.8 Å². The molecule has 0 aromatic rings. The number of nitroso groups, excluding NO2 is 2. The molecule has 1 spiro atoms. The van der Waals surface area contributed by atoms with E-state index in [-0.39, 0.29) is 23.4 Å². The molecule has 7 heteroatoms. The van der Waals surface area contributed by atoms with Crippen LogP contribution in [-0.4, -0.2) is 30.0 Å². The highest BCUT2D eigenvalue weighted by molar-refractivity contribution is 5.88. The Morgan fingerprint density at radius 2 is 2.17 bits per heavy atom. The van der Waals surface area contributed by atoms with Crippen LogP contribution >= 0.6 is 0 Å². The third kappa shape index (κ3) is 1.27. The second-order valence-corrected chi connectivity index (χ2v) is 7.30. The van der Waals surface area contributed by atoms with Crippen LogP contribution in [0.5, 0.6) is 0 Å². The fourth-order valence-corrected chi connectivity index (χ4v) is 5.93. The number of carbonyl (C=O) groups excluding carboxylic acids is 1. The standard InChI is InChI=1S/C16H17N3O4/c20-10-3-4-16(19-22)11-7-8-1-2-9(18-21)13-12(8)15(16,5-6-17-11)14(10)23-13/h2,8,11,14,17H,1,3-7H2. The van der Waals surface area contributed by atoms with Gasteiger partial charge in [0.15, 0.2) is 11.9 Å². The number of carbonyl (C=O) groups is 1. The van der Waals surface area contributed by atoms with Crippen molar-refractivity contribution in [2.24, 2.45) is 21.7 Å². The Bertz CT molecular complexity index is 714. The fourth-order valence-electron chi connectivity index (χ4n) is 5.93. The number of piperidine rings is 1. The van der Waals surface area contributed by atoms with Gasteiger partial charge >= 0.3 is 0 Å². The molecular formula is C16H17N3O4. The molecule has 0 aromatic heterocycles. The number of hydrogen-bond donors (Lipinski definition) is 1. The topological polar surface area (TPSA) is 97.2 Å². The third-order valence-electron chi connectivity index (χ3n) is 6.73. The van der Waals surface area contributed by atoms with E-state index in [0.29, 0.717) is 31.4 Å². The van der Waals surface area contributed by atoms with Gasteiger partial charge in [0, 0.05) is 12.5 Å². The second kappa shape index (κ2) is 4.14. The zero-order valence-corrected chi connectivity index (χ0v) is 12.6. The number of hydrogen-bond acceptors (Lipinski definition) is 7. The SMILES string of the molecule is O=NC1=CCC2CC3NCCC45C2=C1OC4C(=O)CCC35N=O. The lowest BCUT2D eigenvalue weighted by molar-refractivity contribution is -0.147. The summed E-state index contributed by atoms with van der Waals surface area (Å²) in [5.41, 5.74) is -0.264. The van der Waals surface area contributed by atoms with Gasteiger partial charge in [-0.05, 0) is 48.9 Å². The first-order valence-electron chi connectivity index (χ1n) is 8.24. The molecule has 2 heterocycles. The number of ketones is 1. The molecule has 3 fully saturated rings. The monoisotopic (exact) mass is 315 g/mol. The van der Waals surface area contributed by atoms with Gasteiger partial charge in [0.2, 0.25) is 0 Å². The van der Waals surface area contributed by atoms with Crippen molar-refractivity contribution >= 4 is 5.78 Å². The van der Waals surface area contributed by atoms with Crippen LogP contribution < -0.4 is 5.32 Å². The van der Waals surface area contributed by atoms with Crippen LogP contribution in [0, 0.1) is 21.1 Å². The van der Waals surface area contributed by atoms with E-state index in [0.717, 1.165) is 18.5 Å². The zero-order valence-electron chi connectivity index (χ0n) is 12.6. The van der Waals surface area contributed by atoms with E-state index in [9.17, 15) is 14.6 Å². The fraction of sp³-hybridized carbons (Fsp3) is 0.688. The summed E-state index contributed by atoms with van der Waals surface area (Å²) >= 11 is 0. The van der Waals surface area contributed by atoms with Gasteiger partial charge in [-0.25, -0.2) is 0 Å². The summed E-state index contributed by atoms with van der Waals surface area (Å²) in [6, 6.07) is -0.0276. The predicted octanol–water partition coefficient (Wildman–Crippen LogP) is 1.93. The Hall–Kier alpha value is -1.89. The minimum atomic E-state index is -0.844. The zero-order chi connectivity index (χ0) is 15.8. The van der Waals surface area contributed by atoms with Crippen LogP contribution in [0.2, 0.25) is 0 Å². The number of nitrogens with zero attached hydrogens (tertiary/aromatic N) is 2. The van der Waals surface area contributed by atoms with Gasteiger partial charge in [-0.2, -0.15) is 4.91 Å². The molecule has 5 unspecified atom stereocenters. The lowest BCUT2D eigenvalue weighted by Crippen LogP contribution is -2.73. The Balaban J connectivity index is 1.82. The lowest BCUT2D eigenvalue weighted by Gasteiger charge is -2.61. The Morgan fingerprint density at radius 3 is 2.96 bits per heavy atom. The van der Waals surface area contributed by atoms with E-state index in [1.54, 1.807) is 6.08 Å². The molecule has 1 N–H and O–H groups in total. The van der Waals surface area contributed by atoms with Crippen molar-refractivity contribution in [3.8, 4) is 0 Å². The first-order chi connectivity index (χ1) is 11.2. The molecule has 0 radical (unpaired) electrons. The summed E-state index contributed by atoms with van der Waals surface area (Å²) in [6.07, 6.45) is 4.02. The largest absolute Gasteiger partial charge is 0.479 e. The van der Waals surface area contributed by atoms with Crippen molar-refractivity contribution in [1.82, 2.24) is 5.32 Å². The van der Waals surface area contributed by atoms with Crippen LogP contribution in [-0.2, 0) is 9.53 Å². The van der Waals surface area contributed by atoms with Crippen molar-refractivity contribution in [3.63, 3.8) is 0 Å². The molecule has 5 aliphatic rings. The van der Waals surface area contributed by atoms with Crippen molar-refractivity contribution in [2.75, 3.05) is 6.54 Å². The van der Waals surface area contributed by atoms with Crippen LogP contribution in [0.3, 0.4) is 0 Å². The summed E-state index contributed by atoms with van der Waals surface area (Å²) < 4.78 is 6.01. The Labute approximate surface area is 132 Å². The molecule has 2 aliphatic heterocycles. The Morgan fingerprint density at radius 1 is 1.30 bits per heavy atom. The highest BCUT2D eigenvalue weighted by Gasteiger charge is 2.75. The van der Waals surface area contributed by atoms with E-state index in [2.05, 4.69) is 15.7 Å². The maximum absolute atomic E-state index is 12.6. The summed E-state index contributed by atoms with van der Waals surface area (Å²) in [7, 11) is 0. The molecule has 0 aromatic carbocycles. The minimum Gasteiger partial charge on any atom is -0.479 e. The molecule has 3 aliphatic carbocycles. The molecule has 7 nitrogen and oxygen atoms in total. The first-order valence-corrected chi connectivity index (χ1v) is 8.24. The average molecular weight is 315 g/mol. The molecule has 0 amide bonds. The lowest BCUT2D eigenvalue weighted by atomic mass is 9.45. The van der Waals surface area contributed by atoms with E-state index in [4.69, 9.17) is 4.74 Å². The molecule has 5 rings (SSSR count). The van der Waals surface area contributed by atoms with Crippen LogP contribution in [0.4, 0.5) is 0 Å². The van der Waals surface area contributed by atoms with E-state index in [1.807, 2.05) is 0 Å². The van der Waals surface area contributed by atoms with Gasteiger partial charge in [0.1, 0.15) is 17.0 Å². The van der Waals surface area contributed by atoms with Crippen molar-refractivity contribution < 1.29 is 9.53 Å². The van der Waals surface area contributed by atoms with Gasteiger partial charge in [-0.15, -0.1) is 4.91 Å². The van der Waals surface area contributed by atoms with Gasteiger partial charge in [-0.1, -0.05) is 11.3 Å².